The lowest BCUT2D eigenvalue weighted by Crippen LogP contribution is -2.43. The zero-order valence-corrected chi connectivity index (χ0v) is 50.5. The molecule has 452 valence electrons. The van der Waals surface area contributed by atoms with Crippen molar-refractivity contribution in [3.63, 3.8) is 0 Å². The summed E-state index contributed by atoms with van der Waals surface area (Å²) in [7, 11) is 0. The van der Waals surface area contributed by atoms with E-state index in [-0.39, 0.29) is 48.2 Å². The predicted octanol–water partition coefficient (Wildman–Crippen LogP) is 10.7. The van der Waals surface area contributed by atoms with Crippen LogP contribution in [0.2, 0.25) is 10.0 Å². The Hall–Kier alpha value is -6.60. The van der Waals surface area contributed by atoms with Gasteiger partial charge in [-0.2, -0.15) is 5.26 Å². The van der Waals surface area contributed by atoms with E-state index < -0.39 is 0 Å². The number of urea groups is 2. The second-order valence-corrected chi connectivity index (χ2v) is 24.5. The number of likely N-dealkylation sites (tertiary alicyclic amines) is 2. The van der Waals surface area contributed by atoms with Crippen LogP contribution in [0.15, 0.2) is 60.7 Å². The van der Waals surface area contributed by atoms with Crippen LogP contribution < -0.4 is 30.7 Å². The first kappa shape index (κ1) is 61.5. The molecule has 85 heavy (non-hydrogen) atoms. The van der Waals surface area contributed by atoms with Gasteiger partial charge in [0.25, 0.3) is 0 Å². The van der Waals surface area contributed by atoms with E-state index in [0.29, 0.717) is 99.7 Å². The monoisotopic (exact) mass is 1200 g/mol. The summed E-state index contributed by atoms with van der Waals surface area (Å²) in [5.74, 6) is 1.89. The van der Waals surface area contributed by atoms with Crippen molar-refractivity contribution in [1.82, 2.24) is 40.9 Å². The fourth-order valence-corrected chi connectivity index (χ4v) is 13.9. The third kappa shape index (κ3) is 16.1. The van der Waals surface area contributed by atoms with Gasteiger partial charge in [0.05, 0.1) is 43.5 Å². The van der Waals surface area contributed by atoms with Crippen molar-refractivity contribution >= 4 is 52.8 Å². The van der Waals surface area contributed by atoms with Gasteiger partial charge in [-0.05, 0) is 196 Å². The molecule has 17 nitrogen and oxygen atoms in total. The number of hydrogen-bond acceptors (Lipinski definition) is 10. The molecule has 10 rings (SSSR count). The van der Waals surface area contributed by atoms with Gasteiger partial charge in [0.1, 0.15) is 23.7 Å². The first-order valence-corrected chi connectivity index (χ1v) is 31.9. The fourth-order valence-electron chi connectivity index (χ4n) is 13.4. The van der Waals surface area contributed by atoms with Crippen LogP contribution in [-0.2, 0) is 53.1 Å². The van der Waals surface area contributed by atoms with Gasteiger partial charge in [-0.1, -0.05) is 61.0 Å². The Kier molecular flexibility index (Phi) is 21.8. The molecule has 0 aromatic heterocycles. The number of ether oxygens (including phenoxy) is 3. The second-order valence-electron chi connectivity index (χ2n) is 23.6. The molecule has 0 bridgehead atoms. The van der Waals surface area contributed by atoms with Gasteiger partial charge in [-0.25, -0.2) is 14.4 Å². The number of hydrogen-bond donors (Lipinski definition) is 4. The third-order valence-electron chi connectivity index (χ3n) is 18.0. The summed E-state index contributed by atoms with van der Waals surface area (Å²) in [5.41, 5.74) is 10.0. The molecule has 6 amide bonds. The number of carbonyl (C=O) groups is 4. The van der Waals surface area contributed by atoms with Gasteiger partial charge in [-0.15, -0.1) is 0 Å². The van der Waals surface area contributed by atoms with Gasteiger partial charge in [0.2, 0.25) is 11.8 Å². The number of halogens is 2. The first-order valence-electron chi connectivity index (χ1n) is 31.2. The molecule has 0 spiro atoms. The lowest BCUT2D eigenvalue weighted by molar-refractivity contribution is -0.133. The summed E-state index contributed by atoms with van der Waals surface area (Å²) >= 11 is 13.0. The van der Waals surface area contributed by atoms with Crippen LogP contribution in [0.1, 0.15) is 152 Å². The number of nitrogens with zero attached hydrogens (tertiary/aromatic N) is 6. The van der Waals surface area contributed by atoms with Crippen molar-refractivity contribution in [2.75, 3.05) is 78.7 Å². The van der Waals surface area contributed by atoms with E-state index in [1.54, 1.807) is 12.1 Å². The van der Waals surface area contributed by atoms with E-state index in [0.717, 1.165) is 135 Å². The van der Waals surface area contributed by atoms with E-state index in [4.69, 9.17) is 44.0 Å². The lowest BCUT2D eigenvalue weighted by Gasteiger charge is -2.36. The van der Waals surface area contributed by atoms with Crippen LogP contribution >= 0.6 is 23.2 Å². The van der Waals surface area contributed by atoms with Gasteiger partial charge >= 0.3 is 12.1 Å². The maximum Gasteiger partial charge on any atom is 0.314 e. The molecule has 4 aromatic rings. The van der Waals surface area contributed by atoms with Crippen molar-refractivity contribution in [1.29, 1.82) is 5.26 Å². The predicted molar refractivity (Wildman–Crippen MR) is 328 cm³/mol. The molecule has 4 aromatic carbocycles. The highest BCUT2D eigenvalue weighted by Gasteiger charge is 2.42. The van der Waals surface area contributed by atoms with Gasteiger partial charge < -0.3 is 45.3 Å². The van der Waals surface area contributed by atoms with Crippen molar-refractivity contribution in [3.05, 3.63) is 132 Å². The molecule has 6 aliphatic rings. The highest BCUT2D eigenvalue weighted by atomic mass is 35.5. The summed E-state index contributed by atoms with van der Waals surface area (Å²) < 4.78 is 19.2. The number of fused-ring (bicyclic) bond motifs is 4. The molecule has 2 aliphatic carbocycles. The highest BCUT2D eigenvalue weighted by molar-refractivity contribution is 6.31. The first-order chi connectivity index (χ1) is 41.5. The minimum absolute atomic E-state index is 0.142. The average molecular weight is 1200 g/mol. The largest absolute Gasteiger partial charge is 0.484 e. The lowest BCUT2D eigenvalue weighted by atomic mass is 9.98. The number of amides is 6. The fraction of sp³-hybridized carbons (Fsp3) is 0.545. The second kappa shape index (κ2) is 30.2. The normalized spacial score (nSPS) is 20.0. The minimum atomic E-state index is -0.273. The van der Waals surface area contributed by atoms with E-state index in [9.17, 15) is 24.4 Å². The van der Waals surface area contributed by atoms with E-state index in [1.807, 2.05) is 34.1 Å². The Morgan fingerprint density at radius 3 is 1.53 bits per heavy atom. The third-order valence-corrected chi connectivity index (χ3v) is 18.4. The summed E-state index contributed by atoms with van der Waals surface area (Å²) in [4.78, 5) is 63.9. The highest BCUT2D eigenvalue weighted by Crippen LogP contribution is 2.46. The molecule has 0 radical (unpaired) electrons. The Morgan fingerprint density at radius 2 is 1.04 bits per heavy atom. The number of nitrogens with one attached hydrogen (secondary N) is 4. The van der Waals surface area contributed by atoms with E-state index >= 15 is 0 Å². The van der Waals surface area contributed by atoms with Crippen molar-refractivity contribution in [3.8, 4) is 17.6 Å². The number of carbonyl (C=O) groups excluding carboxylic acids is 4. The molecule has 2 saturated heterocycles. The Morgan fingerprint density at radius 1 is 0.565 bits per heavy atom. The van der Waals surface area contributed by atoms with Gasteiger partial charge in [-0.3, -0.25) is 19.4 Å². The van der Waals surface area contributed by atoms with Gasteiger partial charge in [0.15, 0.2) is 5.69 Å². The maximum atomic E-state index is 13.2. The molecule has 4 atom stereocenters. The van der Waals surface area contributed by atoms with Crippen LogP contribution in [0.3, 0.4) is 0 Å². The molecule has 4 N–H and O–H groups in total. The number of benzene rings is 4. The molecule has 4 heterocycles. The topological polar surface area (TPSA) is 185 Å². The Balaban J connectivity index is 0.528. The molecular formula is C66H82Cl2N10O7. The van der Waals surface area contributed by atoms with Gasteiger partial charge in [0, 0.05) is 75.2 Å². The van der Waals surface area contributed by atoms with Crippen molar-refractivity contribution in [2.45, 2.75) is 153 Å². The van der Waals surface area contributed by atoms with E-state index in [2.05, 4.69) is 66.2 Å². The zero-order chi connectivity index (χ0) is 59.1. The quantitative estimate of drug-likeness (QED) is 0.0389. The number of piperidine rings is 2. The van der Waals surface area contributed by atoms with Crippen LogP contribution in [0.25, 0.3) is 4.85 Å². The Labute approximate surface area is 511 Å². The van der Waals surface area contributed by atoms with Crippen LogP contribution in [0, 0.1) is 17.9 Å². The minimum Gasteiger partial charge on any atom is -0.484 e. The molecule has 1 unspecified atom stereocenters. The maximum absolute atomic E-state index is 13.2. The van der Waals surface area contributed by atoms with E-state index in [1.165, 1.54) is 49.7 Å². The van der Waals surface area contributed by atoms with Crippen LogP contribution in [-0.4, -0.2) is 134 Å². The zero-order valence-electron chi connectivity index (χ0n) is 49.0. The summed E-state index contributed by atoms with van der Waals surface area (Å²) in [6.45, 7) is 16.7. The Bertz CT molecular complexity index is 2900. The molecule has 2 fully saturated rings. The smallest absolute Gasteiger partial charge is 0.314 e. The standard InChI is InChI=1S/C66H82Cl2N10O7/c1-70-58-39-51(68)38-57-55(58)41-60(76-28-12-5-13-29-76)64(57)85-53-19-17-48-44-78(31-21-46(48)36-53)62(80)15-7-3-9-23-72-66(82)74-25-33-83-32-24-73-65(81)71-22-8-2-6-14-61(79)77-30-20-45-35-52(18-16-47(45)43-77)84-63-56-37-50(67)34-49(42-69)54(56)40-59(63)75-26-10-4-11-27-75/h16-19,34-39,59-60,63-64H,2-15,20-33,40-41,43-44H2,(H2,71,73,81)(H2,72,74,82)/t59?,60-,63-,64-/m0/s1. The molecule has 19 heteroatoms. The number of rotatable bonds is 24. The average Bonchev–Trinajstić information content (AvgIpc) is 2.39. The SMILES string of the molecule is [C-]#[N+]c1cc(Cl)cc2c1C[C@H](N1CCCCC1)[C@H]2Oc1ccc2c(c1)CCN(C(=O)CCCCCNC(=O)NCCOCCNC(=O)NCCCCCC(=O)N1CCc3cc(O[C@H]4c5cc(Cl)cc(C#N)c5CC4N4CCCCC4)ccc3C1)C2. The molecule has 4 aliphatic heterocycles. The van der Waals surface area contributed by atoms with Crippen LogP contribution in [0.5, 0.6) is 11.5 Å². The number of nitriles is 1. The molecular weight excluding hydrogens is 1120 g/mol. The summed E-state index contributed by atoms with van der Waals surface area (Å²) in [5, 5.41) is 22.4. The van der Waals surface area contributed by atoms with Crippen LogP contribution in [0.4, 0.5) is 15.3 Å². The van der Waals surface area contributed by atoms with Crippen molar-refractivity contribution < 1.29 is 33.4 Å². The molecule has 0 saturated carbocycles. The summed E-state index contributed by atoms with van der Waals surface area (Å²) in [6.07, 6.45) is 15.4. The van der Waals surface area contributed by atoms with Crippen molar-refractivity contribution in [2.24, 2.45) is 0 Å². The summed E-state index contributed by atoms with van der Waals surface area (Å²) in [6, 6.07) is 22.1. The number of unbranched alkanes of at least 4 members (excludes halogenated alkanes) is 4.